The van der Waals surface area contributed by atoms with Gasteiger partial charge in [-0.1, -0.05) is 36.2 Å². The number of rotatable bonds is 6. The Balaban J connectivity index is 1.50. The zero-order valence-electron chi connectivity index (χ0n) is 16.1. The van der Waals surface area contributed by atoms with Crippen LogP contribution in [0.5, 0.6) is 0 Å². The van der Waals surface area contributed by atoms with Gasteiger partial charge in [-0.3, -0.25) is 4.79 Å². The van der Waals surface area contributed by atoms with Crippen molar-refractivity contribution in [3.8, 4) is 11.5 Å². The molecule has 4 nitrogen and oxygen atoms in total. The third-order valence-corrected chi connectivity index (χ3v) is 6.12. The first kappa shape index (κ1) is 20.8. The molecule has 30 heavy (non-hydrogen) atoms. The van der Waals surface area contributed by atoms with Crippen molar-refractivity contribution in [2.75, 3.05) is 11.1 Å². The number of benzene rings is 3. The quantitative estimate of drug-likeness (QED) is 0.314. The van der Waals surface area contributed by atoms with Crippen molar-refractivity contribution in [2.24, 2.45) is 0 Å². The van der Waals surface area contributed by atoms with Gasteiger partial charge in [0.15, 0.2) is 5.58 Å². The summed E-state index contributed by atoms with van der Waals surface area (Å²) in [7, 11) is 0. The summed E-state index contributed by atoms with van der Waals surface area (Å²) >= 11 is 13.6. The number of carbonyl (C=O) groups excluding carboxylic acids is 1. The number of anilines is 1. The Morgan fingerprint density at radius 1 is 1.07 bits per heavy atom. The Bertz CT molecular complexity index is 1210. The second-order valence-corrected chi connectivity index (χ2v) is 8.55. The topological polar surface area (TPSA) is 55.1 Å². The number of amides is 1. The molecule has 0 aliphatic heterocycles. The lowest BCUT2D eigenvalue weighted by Crippen LogP contribution is -2.14. The minimum Gasteiger partial charge on any atom is -0.436 e. The minimum absolute atomic E-state index is 0.154. The van der Waals surface area contributed by atoms with Crippen molar-refractivity contribution in [1.82, 2.24) is 4.98 Å². The fourth-order valence-electron chi connectivity index (χ4n) is 2.94. The first-order valence-corrected chi connectivity index (χ1v) is 11.1. The molecule has 0 fully saturated rings. The van der Waals surface area contributed by atoms with Crippen molar-refractivity contribution in [1.29, 1.82) is 0 Å². The number of oxazole rings is 1. The van der Waals surface area contributed by atoms with Crippen LogP contribution in [0.1, 0.15) is 12.5 Å². The monoisotopic (exact) mass is 456 g/mol. The zero-order chi connectivity index (χ0) is 21.1. The third kappa shape index (κ3) is 4.81. The number of carbonyl (C=O) groups is 1. The number of aryl methyl sites for hydroxylation is 1. The molecule has 0 bridgehead atoms. The number of thioether (sulfide) groups is 1. The standard InChI is InChI=1S/C23H18Cl2N2O2S/c1-2-14-3-10-21-20(11-14)27-23(29-21)15-4-9-18(25)19(12-15)26-22(28)13-30-17-7-5-16(24)6-8-17/h3-12H,2,13H2,1H3,(H,26,28). The number of hydrogen-bond acceptors (Lipinski definition) is 4. The van der Waals surface area contributed by atoms with E-state index in [0.717, 1.165) is 28.0 Å². The van der Waals surface area contributed by atoms with Crippen LogP contribution in [0.15, 0.2) is 70.0 Å². The van der Waals surface area contributed by atoms with Gasteiger partial charge < -0.3 is 9.73 Å². The highest BCUT2D eigenvalue weighted by Gasteiger charge is 2.13. The van der Waals surface area contributed by atoms with Gasteiger partial charge in [0.25, 0.3) is 0 Å². The van der Waals surface area contributed by atoms with E-state index in [-0.39, 0.29) is 11.7 Å². The Hall–Kier alpha value is -2.47. The molecule has 1 aromatic heterocycles. The molecule has 1 heterocycles. The van der Waals surface area contributed by atoms with E-state index in [1.54, 1.807) is 24.3 Å². The summed E-state index contributed by atoms with van der Waals surface area (Å²) in [5, 5.41) is 3.98. The van der Waals surface area contributed by atoms with Crippen LogP contribution < -0.4 is 5.32 Å². The Kier molecular flexibility index (Phi) is 6.32. The van der Waals surface area contributed by atoms with Gasteiger partial charge in [0.05, 0.1) is 16.5 Å². The molecule has 1 amide bonds. The molecular weight excluding hydrogens is 439 g/mol. The van der Waals surface area contributed by atoms with Crippen LogP contribution in [0.3, 0.4) is 0 Å². The summed E-state index contributed by atoms with van der Waals surface area (Å²) in [6, 6.07) is 18.7. The highest BCUT2D eigenvalue weighted by Crippen LogP contribution is 2.31. The predicted molar refractivity (Wildman–Crippen MR) is 125 cm³/mol. The molecule has 4 aromatic rings. The molecular formula is C23H18Cl2N2O2S. The Labute approximate surface area is 188 Å². The van der Waals surface area contributed by atoms with Gasteiger partial charge in [-0.2, -0.15) is 0 Å². The van der Waals surface area contributed by atoms with Gasteiger partial charge in [-0.05, 0) is 66.6 Å². The van der Waals surface area contributed by atoms with Gasteiger partial charge in [-0.15, -0.1) is 11.8 Å². The average molecular weight is 457 g/mol. The van der Waals surface area contributed by atoms with Gasteiger partial charge in [-0.25, -0.2) is 4.98 Å². The third-order valence-electron chi connectivity index (χ3n) is 4.53. The largest absolute Gasteiger partial charge is 0.436 e. The lowest BCUT2D eigenvalue weighted by Gasteiger charge is -2.08. The van der Waals surface area contributed by atoms with Gasteiger partial charge in [0, 0.05) is 15.5 Å². The van der Waals surface area contributed by atoms with Crippen molar-refractivity contribution in [3.05, 3.63) is 76.3 Å². The summed E-state index contributed by atoms with van der Waals surface area (Å²) in [5.41, 5.74) is 4.00. The number of hydrogen-bond donors (Lipinski definition) is 1. The molecule has 152 valence electrons. The summed E-state index contributed by atoms with van der Waals surface area (Å²) in [4.78, 5) is 18.0. The summed E-state index contributed by atoms with van der Waals surface area (Å²) < 4.78 is 5.89. The minimum atomic E-state index is -0.154. The van der Waals surface area contributed by atoms with Crippen LogP contribution in [-0.4, -0.2) is 16.6 Å². The van der Waals surface area contributed by atoms with Crippen LogP contribution in [-0.2, 0) is 11.2 Å². The lowest BCUT2D eigenvalue weighted by atomic mass is 10.1. The van der Waals surface area contributed by atoms with Crippen molar-refractivity contribution < 1.29 is 9.21 Å². The molecule has 7 heteroatoms. The number of nitrogens with one attached hydrogen (secondary N) is 1. The summed E-state index contributed by atoms with van der Waals surface area (Å²) in [5.74, 6) is 0.588. The molecule has 0 aliphatic carbocycles. The zero-order valence-corrected chi connectivity index (χ0v) is 18.4. The maximum atomic E-state index is 12.4. The molecule has 0 spiro atoms. The second kappa shape index (κ2) is 9.13. The van der Waals surface area contributed by atoms with Crippen LogP contribution in [0.25, 0.3) is 22.6 Å². The predicted octanol–water partition coefficient (Wildman–Crippen LogP) is 7.09. The van der Waals surface area contributed by atoms with E-state index in [1.807, 2.05) is 36.4 Å². The van der Waals surface area contributed by atoms with E-state index in [9.17, 15) is 4.79 Å². The normalized spacial score (nSPS) is 11.0. The molecule has 3 aromatic carbocycles. The number of nitrogens with zero attached hydrogens (tertiary/aromatic N) is 1. The smallest absolute Gasteiger partial charge is 0.234 e. The average Bonchev–Trinajstić information content (AvgIpc) is 3.18. The van der Waals surface area contributed by atoms with E-state index in [0.29, 0.717) is 21.6 Å². The molecule has 0 atom stereocenters. The maximum absolute atomic E-state index is 12.4. The maximum Gasteiger partial charge on any atom is 0.234 e. The lowest BCUT2D eigenvalue weighted by molar-refractivity contribution is -0.113. The van der Waals surface area contributed by atoms with Crippen molar-refractivity contribution in [2.45, 2.75) is 18.2 Å². The highest BCUT2D eigenvalue weighted by molar-refractivity contribution is 8.00. The van der Waals surface area contributed by atoms with Crippen molar-refractivity contribution >= 4 is 57.7 Å². The number of halogens is 2. The molecule has 0 saturated heterocycles. The highest BCUT2D eigenvalue weighted by atomic mass is 35.5. The van der Waals surface area contributed by atoms with E-state index in [4.69, 9.17) is 27.6 Å². The Morgan fingerprint density at radius 2 is 1.87 bits per heavy atom. The van der Waals surface area contributed by atoms with Gasteiger partial charge in [0.1, 0.15) is 5.52 Å². The molecule has 1 N–H and O–H groups in total. The summed E-state index contributed by atoms with van der Waals surface area (Å²) in [6.07, 6.45) is 0.934. The van der Waals surface area contributed by atoms with E-state index >= 15 is 0 Å². The van der Waals surface area contributed by atoms with Crippen LogP contribution in [0.2, 0.25) is 10.0 Å². The van der Waals surface area contributed by atoms with Crippen LogP contribution in [0, 0.1) is 0 Å². The fraction of sp³-hybridized carbons (Fsp3) is 0.130. The number of fused-ring (bicyclic) bond motifs is 1. The van der Waals surface area contributed by atoms with E-state index in [2.05, 4.69) is 17.2 Å². The van der Waals surface area contributed by atoms with Crippen LogP contribution in [0.4, 0.5) is 5.69 Å². The molecule has 4 rings (SSSR count). The summed E-state index contributed by atoms with van der Waals surface area (Å²) in [6.45, 7) is 2.10. The van der Waals surface area contributed by atoms with Crippen molar-refractivity contribution in [3.63, 3.8) is 0 Å². The van der Waals surface area contributed by atoms with E-state index < -0.39 is 0 Å². The molecule has 0 saturated carbocycles. The second-order valence-electron chi connectivity index (χ2n) is 6.66. The molecule has 0 aliphatic rings. The first-order chi connectivity index (χ1) is 14.5. The van der Waals surface area contributed by atoms with Gasteiger partial charge in [0.2, 0.25) is 11.8 Å². The molecule has 0 unspecified atom stereocenters. The first-order valence-electron chi connectivity index (χ1n) is 9.39. The van der Waals surface area contributed by atoms with Crippen LogP contribution >= 0.6 is 35.0 Å². The fourth-order valence-corrected chi connectivity index (χ4v) is 3.93. The molecule has 0 radical (unpaired) electrons. The number of aromatic nitrogens is 1. The van der Waals surface area contributed by atoms with Gasteiger partial charge >= 0.3 is 0 Å². The Morgan fingerprint density at radius 3 is 2.63 bits per heavy atom. The van der Waals surface area contributed by atoms with E-state index in [1.165, 1.54) is 17.3 Å². The SMILES string of the molecule is CCc1ccc2oc(-c3ccc(Cl)c(NC(=O)CSc4ccc(Cl)cc4)c3)nc2c1.